The van der Waals surface area contributed by atoms with E-state index < -0.39 is 24.4 Å². The summed E-state index contributed by atoms with van der Waals surface area (Å²) in [5.41, 5.74) is 0.734. The molecule has 0 aliphatic carbocycles. The lowest BCUT2D eigenvalue weighted by atomic mass is 9.86. The van der Waals surface area contributed by atoms with Crippen molar-refractivity contribution in [2.45, 2.75) is 63.3 Å². The third kappa shape index (κ3) is 4.49. The number of aliphatic hydroxyl groups excluding tert-OH is 3. The fourth-order valence-electron chi connectivity index (χ4n) is 3.83. The Bertz CT molecular complexity index is 801. The van der Waals surface area contributed by atoms with Gasteiger partial charge in [0.1, 0.15) is 6.10 Å². The second-order valence-corrected chi connectivity index (χ2v) is 8.05. The van der Waals surface area contributed by atoms with Gasteiger partial charge in [-0.05, 0) is 25.5 Å². The van der Waals surface area contributed by atoms with Crippen LogP contribution in [0.3, 0.4) is 0 Å². The van der Waals surface area contributed by atoms with E-state index in [4.69, 9.17) is 14.0 Å². The third-order valence-corrected chi connectivity index (χ3v) is 5.94. The SMILES string of the molecule is C[C@H]([C@@H]1O[C@H]1C[C@H]1CO[C@@H](Cc2nc(-c3cccnc3)no2)[C@H](O)[C@@H]1O)[C@H](C)O. The summed E-state index contributed by atoms with van der Waals surface area (Å²) < 4.78 is 16.7. The molecule has 0 aromatic carbocycles. The molecule has 0 unspecified atom stereocenters. The summed E-state index contributed by atoms with van der Waals surface area (Å²) in [5, 5.41) is 34.7. The van der Waals surface area contributed by atoms with Gasteiger partial charge in [-0.1, -0.05) is 12.1 Å². The average molecular weight is 405 g/mol. The van der Waals surface area contributed by atoms with Gasteiger partial charge in [0, 0.05) is 29.8 Å². The number of rotatable bonds is 7. The van der Waals surface area contributed by atoms with E-state index in [1.54, 1.807) is 25.4 Å². The third-order valence-electron chi connectivity index (χ3n) is 5.94. The van der Waals surface area contributed by atoms with Gasteiger partial charge in [-0.25, -0.2) is 0 Å². The van der Waals surface area contributed by atoms with Gasteiger partial charge >= 0.3 is 0 Å². The van der Waals surface area contributed by atoms with Crippen molar-refractivity contribution in [2.24, 2.45) is 11.8 Å². The molecule has 0 amide bonds. The molecule has 2 aromatic heterocycles. The van der Waals surface area contributed by atoms with Crippen LogP contribution in [0.5, 0.6) is 0 Å². The molecular formula is C20H27N3O6. The monoisotopic (exact) mass is 405 g/mol. The lowest BCUT2D eigenvalue weighted by molar-refractivity contribution is -0.166. The van der Waals surface area contributed by atoms with Crippen LogP contribution in [-0.2, 0) is 15.9 Å². The maximum Gasteiger partial charge on any atom is 0.229 e. The summed E-state index contributed by atoms with van der Waals surface area (Å²) in [5.74, 6) is 0.549. The molecular weight excluding hydrogens is 378 g/mol. The second-order valence-electron chi connectivity index (χ2n) is 8.05. The van der Waals surface area contributed by atoms with Crippen LogP contribution in [0, 0.1) is 11.8 Å². The number of aromatic nitrogens is 3. The minimum absolute atomic E-state index is 0.0126. The Morgan fingerprint density at radius 3 is 2.76 bits per heavy atom. The van der Waals surface area contributed by atoms with Crippen LogP contribution in [0.2, 0.25) is 0 Å². The molecule has 2 saturated heterocycles. The number of epoxide rings is 1. The summed E-state index contributed by atoms with van der Waals surface area (Å²) in [4.78, 5) is 8.35. The standard InChI is InChI=1S/C20H27N3O6/c1-10(11(2)24)19-15(28-19)6-13-9-27-14(18(26)17(13)25)7-16-22-20(23-29-16)12-4-3-5-21-8-12/h3-5,8,10-11,13-15,17-19,24-26H,6-7,9H2,1-2H3/t10-,11-,13-,14-,15-,17+,18-,19-/m0/s1. The van der Waals surface area contributed by atoms with E-state index in [1.165, 1.54) is 0 Å². The van der Waals surface area contributed by atoms with Crippen LogP contribution in [0.25, 0.3) is 11.4 Å². The lowest BCUT2D eigenvalue weighted by Gasteiger charge is -2.37. The minimum Gasteiger partial charge on any atom is -0.393 e. The fraction of sp³-hybridized carbons (Fsp3) is 0.650. The van der Waals surface area contributed by atoms with Gasteiger partial charge in [0.05, 0.1) is 43.5 Å². The van der Waals surface area contributed by atoms with Gasteiger partial charge in [0.25, 0.3) is 0 Å². The van der Waals surface area contributed by atoms with E-state index in [1.807, 2.05) is 13.0 Å². The highest BCUT2D eigenvalue weighted by Crippen LogP contribution is 2.38. The Morgan fingerprint density at radius 2 is 2.03 bits per heavy atom. The molecule has 9 heteroatoms. The molecule has 4 heterocycles. The molecule has 3 N–H and O–H groups in total. The number of ether oxygens (including phenoxy) is 2. The maximum atomic E-state index is 10.6. The van der Waals surface area contributed by atoms with Crippen LogP contribution in [0.4, 0.5) is 0 Å². The van der Waals surface area contributed by atoms with Crippen molar-refractivity contribution in [1.29, 1.82) is 0 Å². The Hall–Kier alpha value is -1.91. The molecule has 2 aromatic rings. The van der Waals surface area contributed by atoms with Crippen molar-refractivity contribution in [3.05, 3.63) is 30.4 Å². The summed E-state index contributed by atoms with van der Waals surface area (Å²) in [6, 6.07) is 3.61. The number of nitrogens with zero attached hydrogens (tertiary/aromatic N) is 3. The Labute approximate surface area is 168 Å². The molecule has 0 saturated carbocycles. The molecule has 2 aliphatic rings. The first-order valence-corrected chi connectivity index (χ1v) is 9.98. The first kappa shape index (κ1) is 20.4. The van der Waals surface area contributed by atoms with Crippen LogP contribution in [0.15, 0.2) is 29.0 Å². The largest absolute Gasteiger partial charge is 0.393 e. The highest BCUT2D eigenvalue weighted by atomic mass is 16.6. The quantitative estimate of drug-likeness (QED) is 0.566. The normalized spacial score (nSPS) is 34.0. The van der Waals surface area contributed by atoms with Crippen molar-refractivity contribution in [1.82, 2.24) is 15.1 Å². The Kier molecular flexibility index (Phi) is 5.93. The second kappa shape index (κ2) is 8.45. The molecule has 2 fully saturated rings. The van der Waals surface area contributed by atoms with E-state index in [0.717, 1.165) is 5.56 Å². The highest BCUT2D eigenvalue weighted by Gasteiger charge is 2.48. The highest BCUT2D eigenvalue weighted by molar-refractivity contribution is 5.51. The number of aliphatic hydroxyl groups is 3. The van der Waals surface area contributed by atoms with Crippen molar-refractivity contribution in [2.75, 3.05) is 6.61 Å². The summed E-state index contributed by atoms with van der Waals surface area (Å²) in [7, 11) is 0. The van der Waals surface area contributed by atoms with E-state index in [2.05, 4.69) is 15.1 Å². The fourth-order valence-corrected chi connectivity index (χ4v) is 3.83. The van der Waals surface area contributed by atoms with E-state index in [-0.39, 0.29) is 30.5 Å². The predicted molar refractivity (Wildman–Crippen MR) is 101 cm³/mol. The Morgan fingerprint density at radius 1 is 1.21 bits per heavy atom. The molecule has 9 nitrogen and oxygen atoms in total. The summed E-state index contributed by atoms with van der Waals surface area (Å²) in [6.45, 7) is 3.99. The molecule has 8 atom stereocenters. The first-order valence-electron chi connectivity index (χ1n) is 9.98. The van der Waals surface area contributed by atoms with Gasteiger partial charge in [-0.2, -0.15) is 4.98 Å². The minimum atomic E-state index is -1.06. The number of pyridine rings is 1. The maximum absolute atomic E-state index is 10.6. The van der Waals surface area contributed by atoms with Gasteiger partial charge in [0.2, 0.25) is 11.7 Å². The number of hydrogen-bond acceptors (Lipinski definition) is 9. The van der Waals surface area contributed by atoms with Crippen LogP contribution >= 0.6 is 0 Å². The van der Waals surface area contributed by atoms with Gasteiger partial charge in [-0.15, -0.1) is 0 Å². The van der Waals surface area contributed by atoms with E-state index >= 15 is 0 Å². The van der Waals surface area contributed by atoms with Crippen molar-refractivity contribution >= 4 is 0 Å². The molecule has 0 spiro atoms. The zero-order valence-electron chi connectivity index (χ0n) is 16.5. The molecule has 0 bridgehead atoms. The topological polar surface area (TPSA) is 134 Å². The summed E-state index contributed by atoms with van der Waals surface area (Å²) >= 11 is 0. The molecule has 158 valence electrons. The van der Waals surface area contributed by atoms with Crippen molar-refractivity contribution in [3.63, 3.8) is 0 Å². The average Bonchev–Trinajstić information content (AvgIpc) is 3.33. The van der Waals surface area contributed by atoms with Gasteiger partial charge in [0.15, 0.2) is 0 Å². The smallest absolute Gasteiger partial charge is 0.229 e. The van der Waals surface area contributed by atoms with E-state index in [0.29, 0.717) is 24.7 Å². The van der Waals surface area contributed by atoms with Crippen molar-refractivity contribution < 1.29 is 29.3 Å². The Balaban J connectivity index is 1.31. The number of hydrogen-bond donors (Lipinski definition) is 3. The first-order chi connectivity index (χ1) is 13.9. The molecule has 4 rings (SSSR count). The van der Waals surface area contributed by atoms with Gasteiger partial charge in [-0.3, -0.25) is 4.98 Å². The van der Waals surface area contributed by atoms with Crippen molar-refractivity contribution in [3.8, 4) is 11.4 Å². The molecule has 29 heavy (non-hydrogen) atoms. The lowest BCUT2D eigenvalue weighted by Crippen LogP contribution is -2.51. The van der Waals surface area contributed by atoms with Crippen LogP contribution < -0.4 is 0 Å². The van der Waals surface area contributed by atoms with Crippen LogP contribution in [-0.4, -0.2) is 73.7 Å². The van der Waals surface area contributed by atoms with E-state index in [9.17, 15) is 15.3 Å². The zero-order valence-corrected chi connectivity index (χ0v) is 16.5. The van der Waals surface area contributed by atoms with Crippen LogP contribution in [0.1, 0.15) is 26.2 Å². The molecule has 0 radical (unpaired) electrons. The molecule has 2 aliphatic heterocycles. The summed E-state index contributed by atoms with van der Waals surface area (Å²) in [6.07, 6.45) is 0.989. The van der Waals surface area contributed by atoms with Gasteiger partial charge < -0.3 is 29.3 Å². The predicted octanol–water partition coefficient (Wildman–Crippen LogP) is 0.585. The zero-order chi connectivity index (χ0) is 20.5.